The minimum atomic E-state index is 0.385. The monoisotopic (exact) mass is 257 g/mol. The third kappa shape index (κ3) is 4.46. The quantitative estimate of drug-likeness (QED) is 0.635. The zero-order chi connectivity index (χ0) is 13.5. The van der Waals surface area contributed by atoms with Gasteiger partial charge in [-0.25, -0.2) is 0 Å². The van der Waals surface area contributed by atoms with Crippen LogP contribution in [0.3, 0.4) is 0 Å². The van der Waals surface area contributed by atoms with Crippen molar-refractivity contribution < 1.29 is 0 Å². The third-order valence-electron chi connectivity index (χ3n) is 2.68. The van der Waals surface area contributed by atoms with E-state index in [1.807, 2.05) is 47.3 Å². The predicted octanol–water partition coefficient (Wildman–Crippen LogP) is 1.95. The van der Waals surface area contributed by atoms with Crippen LogP contribution in [0.2, 0.25) is 0 Å². The molecule has 0 spiro atoms. The topological polar surface area (TPSA) is 68.2 Å². The van der Waals surface area contributed by atoms with Crippen molar-refractivity contribution in [1.82, 2.24) is 9.78 Å². The molecular formula is C14H19N5. The van der Waals surface area contributed by atoms with Gasteiger partial charge in [0.2, 0.25) is 0 Å². The van der Waals surface area contributed by atoms with Crippen LogP contribution in [0.25, 0.3) is 0 Å². The Morgan fingerprint density at radius 3 is 2.84 bits per heavy atom. The molecule has 2 rings (SSSR count). The van der Waals surface area contributed by atoms with Crippen LogP contribution < -0.4 is 11.1 Å². The van der Waals surface area contributed by atoms with E-state index in [0.717, 1.165) is 12.2 Å². The van der Waals surface area contributed by atoms with Crippen LogP contribution >= 0.6 is 0 Å². The van der Waals surface area contributed by atoms with Gasteiger partial charge >= 0.3 is 0 Å². The first-order chi connectivity index (χ1) is 9.24. The summed E-state index contributed by atoms with van der Waals surface area (Å²) in [5.74, 6) is 0.828. The standard InChI is InChI=1S/C14H19N5/c1-12(11-19-9-5-8-17-19)10-16-14(15)18-13-6-3-2-4-7-13/h2-9,12H,10-11H2,1H3,(H3,15,16,18). The molecule has 0 aliphatic heterocycles. The molecule has 0 radical (unpaired) electrons. The fourth-order valence-corrected chi connectivity index (χ4v) is 1.75. The lowest BCUT2D eigenvalue weighted by atomic mass is 10.2. The van der Waals surface area contributed by atoms with Crippen molar-refractivity contribution in [2.24, 2.45) is 16.6 Å². The van der Waals surface area contributed by atoms with E-state index in [-0.39, 0.29) is 0 Å². The van der Waals surface area contributed by atoms with Crippen molar-refractivity contribution in [3.05, 3.63) is 48.8 Å². The molecular weight excluding hydrogens is 238 g/mol. The van der Waals surface area contributed by atoms with Gasteiger partial charge in [0.05, 0.1) is 0 Å². The Labute approximate surface area is 113 Å². The number of benzene rings is 1. The van der Waals surface area contributed by atoms with E-state index >= 15 is 0 Å². The molecule has 5 heteroatoms. The molecule has 0 aliphatic carbocycles. The fraction of sp³-hybridized carbons (Fsp3) is 0.286. The van der Waals surface area contributed by atoms with Crippen LogP contribution in [0.4, 0.5) is 5.69 Å². The summed E-state index contributed by atoms with van der Waals surface area (Å²) < 4.78 is 1.90. The second-order valence-electron chi connectivity index (χ2n) is 4.55. The maximum Gasteiger partial charge on any atom is 0.193 e. The number of rotatable bonds is 5. The Morgan fingerprint density at radius 2 is 2.16 bits per heavy atom. The van der Waals surface area contributed by atoms with Gasteiger partial charge in [-0.3, -0.25) is 9.67 Å². The maximum atomic E-state index is 5.84. The number of nitrogens with two attached hydrogens (primary N) is 1. The highest BCUT2D eigenvalue weighted by Crippen LogP contribution is 2.04. The SMILES string of the molecule is CC(CN=C(N)Nc1ccccc1)Cn1cccn1. The number of nitrogens with one attached hydrogen (secondary N) is 1. The van der Waals surface area contributed by atoms with E-state index in [1.165, 1.54) is 0 Å². The summed E-state index contributed by atoms with van der Waals surface area (Å²) in [5, 5.41) is 7.23. The van der Waals surface area contributed by atoms with E-state index in [2.05, 4.69) is 22.3 Å². The summed E-state index contributed by atoms with van der Waals surface area (Å²) in [6.07, 6.45) is 3.73. The van der Waals surface area contributed by atoms with Crippen LogP contribution in [0, 0.1) is 5.92 Å². The second kappa shape index (κ2) is 6.58. The molecule has 1 heterocycles. The van der Waals surface area contributed by atoms with Gasteiger partial charge in [-0.05, 0) is 24.1 Å². The van der Waals surface area contributed by atoms with Gasteiger partial charge in [0.1, 0.15) is 0 Å². The number of anilines is 1. The highest BCUT2D eigenvalue weighted by atomic mass is 15.3. The van der Waals surface area contributed by atoms with Gasteiger partial charge < -0.3 is 11.1 Å². The van der Waals surface area contributed by atoms with Crippen LogP contribution in [-0.2, 0) is 6.54 Å². The zero-order valence-corrected chi connectivity index (χ0v) is 11.0. The van der Waals surface area contributed by atoms with Crippen LogP contribution in [0.15, 0.2) is 53.8 Å². The zero-order valence-electron chi connectivity index (χ0n) is 11.0. The van der Waals surface area contributed by atoms with Crippen molar-refractivity contribution in [2.75, 3.05) is 11.9 Å². The molecule has 1 atom stereocenters. The molecule has 19 heavy (non-hydrogen) atoms. The number of nitrogens with zero attached hydrogens (tertiary/aromatic N) is 3. The van der Waals surface area contributed by atoms with Gasteiger partial charge in [0.25, 0.3) is 0 Å². The average Bonchev–Trinajstić information content (AvgIpc) is 2.90. The minimum absolute atomic E-state index is 0.385. The van der Waals surface area contributed by atoms with Gasteiger partial charge in [-0.1, -0.05) is 25.1 Å². The van der Waals surface area contributed by atoms with Gasteiger partial charge in [-0.2, -0.15) is 5.10 Å². The summed E-state index contributed by atoms with van der Waals surface area (Å²) in [6, 6.07) is 11.7. The third-order valence-corrected chi connectivity index (χ3v) is 2.68. The Bertz CT molecular complexity index is 504. The molecule has 100 valence electrons. The molecule has 0 amide bonds. The molecule has 1 aromatic carbocycles. The normalized spacial score (nSPS) is 13.2. The lowest BCUT2D eigenvalue weighted by molar-refractivity contribution is 0.459. The first-order valence-electron chi connectivity index (χ1n) is 6.33. The fourth-order valence-electron chi connectivity index (χ4n) is 1.75. The van der Waals surface area contributed by atoms with Crippen molar-refractivity contribution in [3.63, 3.8) is 0 Å². The summed E-state index contributed by atoms with van der Waals surface area (Å²) in [6.45, 7) is 3.64. The Morgan fingerprint density at radius 1 is 1.37 bits per heavy atom. The number of hydrogen-bond acceptors (Lipinski definition) is 2. The van der Waals surface area contributed by atoms with Crippen molar-refractivity contribution in [3.8, 4) is 0 Å². The van der Waals surface area contributed by atoms with Gasteiger partial charge in [0, 0.05) is 31.2 Å². The number of aromatic nitrogens is 2. The molecule has 1 aromatic heterocycles. The first kappa shape index (κ1) is 13.1. The average molecular weight is 257 g/mol. The molecule has 5 nitrogen and oxygen atoms in total. The lowest BCUT2D eigenvalue weighted by Crippen LogP contribution is -2.24. The number of hydrogen-bond donors (Lipinski definition) is 2. The van der Waals surface area contributed by atoms with Crippen LogP contribution in [-0.4, -0.2) is 22.3 Å². The Hall–Kier alpha value is -2.30. The van der Waals surface area contributed by atoms with Gasteiger partial charge in [0.15, 0.2) is 5.96 Å². The summed E-state index contributed by atoms with van der Waals surface area (Å²) >= 11 is 0. The smallest absolute Gasteiger partial charge is 0.193 e. The highest BCUT2D eigenvalue weighted by molar-refractivity contribution is 5.92. The second-order valence-corrected chi connectivity index (χ2v) is 4.55. The van der Waals surface area contributed by atoms with E-state index in [0.29, 0.717) is 18.4 Å². The molecule has 1 unspecified atom stereocenters. The Balaban J connectivity index is 1.81. The first-order valence-corrected chi connectivity index (χ1v) is 6.33. The van der Waals surface area contributed by atoms with Crippen molar-refractivity contribution in [1.29, 1.82) is 0 Å². The minimum Gasteiger partial charge on any atom is -0.370 e. The van der Waals surface area contributed by atoms with E-state index < -0.39 is 0 Å². The molecule has 2 aromatic rings. The number of para-hydroxylation sites is 1. The van der Waals surface area contributed by atoms with Crippen LogP contribution in [0.5, 0.6) is 0 Å². The van der Waals surface area contributed by atoms with E-state index in [9.17, 15) is 0 Å². The molecule has 0 saturated heterocycles. The molecule has 3 N–H and O–H groups in total. The summed E-state index contributed by atoms with van der Waals surface area (Å²) in [5.41, 5.74) is 6.79. The van der Waals surface area contributed by atoms with E-state index in [1.54, 1.807) is 6.20 Å². The van der Waals surface area contributed by atoms with Crippen molar-refractivity contribution >= 4 is 11.6 Å². The lowest BCUT2D eigenvalue weighted by Gasteiger charge is -2.10. The van der Waals surface area contributed by atoms with Crippen LogP contribution in [0.1, 0.15) is 6.92 Å². The highest BCUT2D eigenvalue weighted by Gasteiger charge is 2.03. The molecule has 0 bridgehead atoms. The summed E-state index contributed by atoms with van der Waals surface area (Å²) in [7, 11) is 0. The molecule has 0 aliphatic rings. The maximum absolute atomic E-state index is 5.84. The summed E-state index contributed by atoms with van der Waals surface area (Å²) in [4.78, 5) is 4.34. The number of aliphatic imine (C=N–C) groups is 1. The van der Waals surface area contributed by atoms with E-state index in [4.69, 9.17) is 5.73 Å². The van der Waals surface area contributed by atoms with Crippen molar-refractivity contribution in [2.45, 2.75) is 13.5 Å². The predicted molar refractivity (Wildman–Crippen MR) is 77.9 cm³/mol. The molecule has 0 fully saturated rings. The largest absolute Gasteiger partial charge is 0.370 e. The molecule has 0 saturated carbocycles. The van der Waals surface area contributed by atoms with Gasteiger partial charge in [-0.15, -0.1) is 0 Å². The number of guanidine groups is 1. The Kier molecular flexibility index (Phi) is 4.55.